The molecule has 1 fully saturated rings. The highest BCUT2D eigenvalue weighted by atomic mass is 127. The minimum Gasteiger partial charge on any atom is -0.370 e. The van der Waals surface area contributed by atoms with Crippen molar-refractivity contribution >= 4 is 29.9 Å². The van der Waals surface area contributed by atoms with E-state index in [4.69, 9.17) is 5.73 Å². The maximum atomic E-state index is 5.76. The first-order valence-electron chi connectivity index (χ1n) is 4.39. The molecular formula is C9H18IN3. The lowest BCUT2D eigenvalue weighted by atomic mass is 10.4. The van der Waals surface area contributed by atoms with Crippen LogP contribution in [0.15, 0.2) is 17.1 Å². The molecule has 0 aromatic rings. The summed E-state index contributed by atoms with van der Waals surface area (Å²) in [7, 11) is 0. The van der Waals surface area contributed by atoms with Crippen LogP contribution in [0.5, 0.6) is 0 Å². The van der Waals surface area contributed by atoms with Crippen molar-refractivity contribution in [3.8, 4) is 0 Å². The zero-order chi connectivity index (χ0) is 8.97. The molecule has 0 spiro atoms. The number of hydrogen-bond acceptors (Lipinski definition) is 1. The molecule has 0 aliphatic carbocycles. The third-order valence-corrected chi connectivity index (χ3v) is 1.94. The van der Waals surface area contributed by atoms with Crippen LogP contribution in [0, 0.1) is 0 Å². The van der Waals surface area contributed by atoms with Crippen molar-refractivity contribution in [3.05, 3.63) is 12.2 Å². The van der Waals surface area contributed by atoms with Crippen LogP contribution in [-0.2, 0) is 0 Å². The summed E-state index contributed by atoms with van der Waals surface area (Å²) in [5.41, 5.74) is 6.81. The molecule has 1 rings (SSSR count). The van der Waals surface area contributed by atoms with Crippen LogP contribution in [0.3, 0.4) is 0 Å². The number of nitrogens with zero attached hydrogens (tertiary/aromatic N) is 2. The fourth-order valence-electron chi connectivity index (χ4n) is 1.26. The highest BCUT2D eigenvalue weighted by molar-refractivity contribution is 14.0. The van der Waals surface area contributed by atoms with Gasteiger partial charge in [0, 0.05) is 13.1 Å². The number of aliphatic imine (C=N–C) groups is 1. The van der Waals surface area contributed by atoms with Crippen molar-refractivity contribution in [3.63, 3.8) is 0 Å². The van der Waals surface area contributed by atoms with Crippen molar-refractivity contribution in [2.75, 3.05) is 19.6 Å². The highest BCUT2D eigenvalue weighted by Gasteiger charge is 2.12. The van der Waals surface area contributed by atoms with Crippen molar-refractivity contribution in [1.82, 2.24) is 4.90 Å². The molecule has 1 heterocycles. The van der Waals surface area contributed by atoms with E-state index in [1.165, 1.54) is 12.8 Å². The van der Waals surface area contributed by atoms with Gasteiger partial charge in [0.2, 0.25) is 0 Å². The van der Waals surface area contributed by atoms with E-state index in [1.807, 2.05) is 6.92 Å². The molecule has 1 aliphatic heterocycles. The van der Waals surface area contributed by atoms with Gasteiger partial charge in [-0.2, -0.15) is 0 Å². The molecule has 0 amide bonds. The Bertz CT molecular complexity index is 195. The minimum atomic E-state index is 0. The second-order valence-corrected chi connectivity index (χ2v) is 3.33. The number of hydrogen-bond donors (Lipinski definition) is 1. The number of likely N-dealkylation sites (tertiary alicyclic amines) is 1. The average Bonchev–Trinajstić information content (AvgIpc) is 2.51. The molecule has 0 aromatic carbocycles. The van der Waals surface area contributed by atoms with E-state index >= 15 is 0 Å². The maximum Gasteiger partial charge on any atom is 0.191 e. The van der Waals surface area contributed by atoms with Crippen LogP contribution in [0.4, 0.5) is 0 Å². The SMILES string of the molecule is C=C(C)CN=C(N)N1CCCC1.I. The van der Waals surface area contributed by atoms with Crippen LogP contribution in [-0.4, -0.2) is 30.5 Å². The van der Waals surface area contributed by atoms with E-state index in [0.29, 0.717) is 12.5 Å². The molecule has 1 aliphatic rings. The second kappa shape index (κ2) is 6.23. The van der Waals surface area contributed by atoms with Crippen molar-refractivity contribution in [1.29, 1.82) is 0 Å². The molecule has 0 atom stereocenters. The molecule has 13 heavy (non-hydrogen) atoms. The summed E-state index contributed by atoms with van der Waals surface area (Å²) >= 11 is 0. The van der Waals surface area contributed by atoms with Crippen LogP contribution in [0.2, 0.25) is 0 Å². The lowest BCUT2D eigenvalue weighted by molar-refractivity contribution is 0.511. The molecule has 0 unspecified atom stereocenters. The van der Waals surface area contributed by atoms with Crippen LogP contribution in [0.25, 0.3) is 0 Å². The van der Waals surface area contributed by atoms with Gasteiger partial charge in [0.05, 0.1) is 6.54 Å². The van der Waals surface area contributed by atoms with E-state index < -0.39 is 0 Å². The molecule has 3 nitrogen and oxygen atoms in total. The summed E-state index contributed by atoms with van der Waals surface area (Å²) in [6.45, 7) is 8.51. The van der Waals surface area contributed by atoms with Gasteiger partial charge in [-0.25, -0.2) is 4.99 Å². The largest absolute Gasteiger partial charge is 0.370 e. The molecule has 76 valence electrons. The predicted molar refractivity (Wildman–Crippen MR) is 67.5 cm³/mol. The Morgan fingerprint density at radius 1 is 1.46 bits per heavy atom. The van der Waals surface area contributed by atoms with Crippen LogP contribution < -0.4 is 5.73 Å². The Kier molecular flexibility index (Phi) is 6.11. The van der Waals surface area contributed by atoms with Crippen molar-refractivity contribution in [2.24, 2.45) is 10.7 Å². The summed E-state index contributed by atoms with van der Waals surface area (Å²) in [6, 6.07) is 0. The first-order valence-corrected chi connectivity index (χ1v) is 4.39. The lowest BCUT2D eigenvalue weighted by Crippen LogP contribution is -2.35. The molecule has 1 saturated heterocycles. The van der Waals surface area contributed by atoms with Gasteiger partial charge < -0.3 is 10.6 Å². The molecular weight excluding hydrogens is 277 g/mol. The number of nitrogens with two attached hydrogens (primary N) is 1. The first kappa shape index (κ1) is 12.7. The van der Waals surface area contributed by atoms with Gasteiger partial charge in [-0.1, -0.05) is 12.2 Å². The summed E-state index contributed by atoms with van der Waals surface area (Å²) in [6.07, 6.45) is 2.48. The lowest BCUT2D eigenvalue weighted by Gasteiger charge is -2.15. The monoisotopic (exact) mass is 295 g/mol. The Morgan fingerprint density at radius 2 is 2.00 bits per heavy atom. The number of rotatable bonds is 2. The quantitative estimate of drug-likeness (QED) is 0.364. The Labute approximate surface area is 97.1 Å². The van der Waals surface area contributed by atoms with Gasteiger partial charge in [0.15, 0.2) is 5.96 Å². The molecule has 0 bridgehead atoms. The summed E-state index contributed by atoms with van der Waals surface area (Å²) in [5, 5.41) is 0. The van der Waals surface area contributed by atoms with E-state index in [9.17, 15) is 0 Å². The smallest absolute Gasteiger partial charge is 0.191 e. The summed E-state index contributed by atoms with van der Waals surface area (Å²) in [4.78, 5) is 6.35. The van der Waals surface area contributed by atoms with E-state index in [2.05, 4.69) is 16.5 Å². The van der Waals surface area contributed by atoms with E-state index in [0.717, 1.165) is 18.7 Å². The molecule has 0 radical (unpaired) electrons. The van der Waals surface area contributed by atoms with E-state index in [1.54, 1.807) is 0 Å². The first-order chi connectivity index (χ1) is 5.70. The highest BCUT2D eigenvalue weighted by Crippen LogP contribution is 2.06. The Morgan fingerprint density at radius 3 is 2.46 bits per heavy atom. The zero-order valence-electron chi connectivity index (χ0n) is 8.12. The van der Waals surface area contributed by atoms with Gasteiger partial charge in [-0.15, -0.1) is 24.0 Å². The van der Waals surface area contributed by atoms with Crippen molar-refractivity contribution in [2.45, 2.75) is 19.8 Å². The standard InChI is InChI=1S/C9H17N3.HI/c1-8(2)7-11-9(10)12-5-3-4-6-12;/h1,3-7H2,2H3,(H2,10,11);1H. The molecule has 0 aromatic heterocycles. The molecule has 0 saturated carbocycles. The second-order valence-electron chi connectivity index (χ2n) is 3.33. The zero-order valence-corrected chi connectivity index (χ0v) is 10.5. The summed E-state index contributed by atoms with van der Waals surface area (Å²) in [5.74, 6) is 0.676. The average molecular weight is 295 g/mol. The third kappa shape index (κ3) is 4.50. The number of halogens is 1. The minimum absolute atomic E-state index is 0. The number of guanidine groups is 1. The van der Waals surface area contributed by atoms with Gasteiger partial charge in [0.25, 0.3) is 0 Å². The van der Waals surface area contributed by atoms with E-state index in [-0.39, 0.29) is 24.0 Å². The van der Waals surface area contributed by atoms with Crippen LogP contribution in [0.1, 0.15) is 19.8 Å². The van der Waals surface area contributed by atoms with Crippen molar-refractivity contribution < 1.29 is 0 Å². The van der Waals surface area contributed by atoms with Gasteiger partial charge in [-0.3, -0.25) is 0 Å². The molecule has 4 heteroatoms. The van der Waals surface area contributed by atoms with Gasteiger partial charge >= 0.3 is 0 Å². The Hall–Kier alpha value is -0.260. The van der Waals surface area contributed by atoms with Gasteiger partial charge in [-0.05, 0) is 19.8 Å². The summed E-state index contributed by atoms with van der Waals surface area (Å²) < 4.78 is 0. The predicted octanol–water partition coefficient (Wildman–Crippen LogP) is 1.59. The third-order valence-electron chi connectivity index (χ3n) is 1.94. The fraction of sp³-hybridized carbons (Fsp3) is 0.667. The van der Waals surface area contributed by atoms with Gasteiger partial charge in [0.1, 0.15) is 0 Å². The topological polar surface area (TPSA) is 41.6 Å². The molecule has 2 N–H and O–H groups in total. The fourth-order valence-corrected chi connectivity index (χ4v) is 1.26. The normalized spacial score (nSPS) is 17.0. The Balaban J connectivity index is 0.00000144. The maximum absolute atomic E-state index is 5.76. The van der Waals surface area contributed by atoms with Crippen LogP contribution >= 0.6 is 24.0 Å².